The highest BCUT2D eigenvalue weighted by Gasteiger charge is 2.10. The minimum absolute atomic E-state index is 0.370. The zero-order valence-electron chi connectivity index (χ0n) is 27.2. The van der Waals surface area contributed by atoms with Crippen LogP contribution in [0.2, 0.25) is 0 Å². The second kappa shape index (κ2) is 31.1. The highest BCUT2D eigenvalue weighted by atomic mass is 16.5. The molecule has 0 aliphatic rings. The van der Waals surface area contributed by atoms with Crippen LogP contribution in [0.3, 0.4) is 0 Å². The fourth-order valence-electron chi connectivity index (χ4n) is 5.64. The van der Waals surface area contributed by atoms with Crippen LogP contribution >= 0.6 is 0 Å². The normalized spacial score (nSPS) is 12.3. The number of hydrogen-bond donors (Lipinski definition) is 0. The van der Waals surface area contributed by atoms with Crippen LogP contribution in [-0.4, -0.2) is 36.0 Å². The van der Waals surface area contributed by atoms with Gasteiger partial charge in [-0.3, -0.25) is 0 Å². The molecule has 0 saturated heterocycles. The van der Waals surface area contributed by atoms with Crippen molar-refractivity contribution >= 4 is 0 Å². The molecule has 1 aromatic rings. The van der Waals surface area contributed by atoms with Crippen LogP contribution < -0.4 is 0 Å². The van der Waals surface area contributed by atoms with Crippen molar-refractivity contribution in [2.45, 2.75) is 187 Å². The first-order valence-corrected chi connectivity index (χ1v) is 18.0. The predicted octanol–water partition coefficient (Wildman–Crippen LogP) is 11.6. The lowest BCUT2D eigenvalue weighted by Gasteiger charge is -2.18. The van der Waals surface area contributed by atoms with Gasteiger partial charge in [0.2, 0.25) is 0 Å². The molecule has 1 heterocycles. The van der Waals surface area contributed by atoms with E-state index in [1.807, 2.05) is 12.5 Å². The van der Waals surface area contributed by atoms with Crippen molar-refractivity contribution in [1.82, 2.24) is 9.55 Å². The summed E-state index contributed by atoms with van der Waals surface area (Å²) in [6, 6.07) is 0.370. The Morgan fingerprint density at radius 2 is 0.900 bits per heavy atom. The average molecular weight is 563 g/mol. The summed E-state index contributed by atoms with van der Waals surface area (Å²) in [6.45, 7) is 8.04. The van der Waals surface area contributed by atoms with E-state index in [0.717, 1.165) is 39.3 Å². The molecular formula is C36H70N2O2. The molecule has 0 aliphatic carbocycles. The predicted molar refractivity (Wildman–Crippen MR) is 174 cm³/mol. The SMILES string of the molecule is CCCCCCCCCCCCCCOCCC[C@@H](COCCCCCCCCCCCCCC)n1ccnc1. The zero-order chi connectivity index (χ0) is 28.6. The van der Waals surface area contributed by atoms with E-state index in [-0.39, 0.29) is 0 Å². The maximum atomic E-state index is 6.10. The summed E-state index contributed by atoms with van der Waals surface area (Å²) < 4.78 is 14.3. The third kappa shape index (κ3) is 24.9. The summed E-state index contributed by atoms with van der Waals surface area (Å²) in [5.41, 5.74) is 0. The maximum Gasteiger partial charge on any atom is 0.0949 e. The van der Waals surface area contributed by atoms with Gasteiger partial charge in [-0.2, -0.15) is 0 Å². The average Bonchev–Trinajstić information content (AvgIpc) is 3.51. The number of aromatic nitrogens is 2. The summed E-state index contributed by atoms with van der Waals surface area (Å²) in [4.78, 5) is 4.26. The third-order valence-electron chi connectivity index (χ3n) is 8.37. The second-order valence-corrected chi connectivity index (χ2v) is 12.3. The Kier molecular flexibility index (Phi) is 28.9. The molecule has 1 rings (SSSR count). The van der Waals surface area contributed by atoms with Gasteiger partial charge in [-0.05, 0) is 25.7 Å². The molecule has 0 amide bonds. The van der Waals surface area contributed by atoms with E-state index in [2.05, 4.69) is 29.6 Å². The van der Waals surface area contributed by atoms with Crippen molar-refractivity contribution in [3.8, 4) is 0 Å². The van der Waals surface area contributed by atoms with Crippen LogP contribution in [0.4, 0.5) is 0 Å². The lowest BCUT2D eigenvalue weighted by Crippen LogP contribution is -2.16. The summed E-state index contributed by atoms with van der Waals surface area (Å²) in [7, 11) is 0. The molecule has 0 N–H and O–H groups in total. The highest BCUT2D eigenvalue weighted by Crippen LogP contribution is 2.16. The van der Waals surface area contributed by atoms with Gasteiger partial charge in [0, 0.05) is 32.2 Å². The van der Waals surface area contributed by atoms with Crippen molar-refractivity contribution in [3.63, 3.8) is 0 Å². The van der Waals surface area contributed by atoms with Gasteiger partial charge < -0.3 is 14.0 Å². The molecule has 0 radical (unpaired) electrons. The molecule has 0 bridgehead atoms. The lowest BCUT2D eigenvalue weighted by atomic mass is 10.1. The van der Waals surface area contributed by atoms with E-state index in [9.17, 15) is 0 Å². The van der Waals surface area contributed by atoms with Gasteiger partial charge in [0.15, 0.2) is 0 Å². The molecule has 4 nitrogen and oxygen atoms in total. The summed E-state index contributed by atoms with van der Waals surface area (Å²) >= 11 is 0. The van der Waals surface area contributed by atoms with Gasteiger partial charge in [-0.15, -0.1) is 0 Å². The maximum absolute atomic E-state index is 6.10. The first kappa shape index (κ1) is 37.2. The van der Waals surface area contributed by atoms with Gasteiger partial charge in [0.25, 0.3) is 0 Å². The van der Waals surface area contributed by atoms with E-state index < -0.39 is 0 Å². The summed E-state index contributed by atoms with van der Waals surface area (Å²) in [6.07, 6.45) is 41.4. The quantitative estimate of drug-likeness (QED) is 0.0799. The molecule has 0 fully saturated rings. The van der Waals surface area contributed by atoms with Gasteiger partial charge in [0.05, 0.1) is 19.0 Å². The van der Waals surface area contributed by atoms with E-state index in [0.29, 0.717) is 6.04 Å². The second-order valence-electron chi connectivity index (χ2n) is 12.3. The monoisotopic (exact) mass is 563 g/mol. The van der Waals surface area contributed by atoms with Crippen molar-refractivity contribution in [3.05, 3.63) is 18.7 Å². The Bertz CT molecular complexity index is 577. The molecule has 0 unspecified atom stereocenters. The van der Waals surface area contributed by atoms with Gasteiger partial charge in [-0.25, -0.2) is 4.98 Å². The number of rotatable bonds is 33. The fraction of sp³-hybridized carbons (Fsp3) is 0.917. The molecular weight excluding hydrogens is 492 g/mol. The third-order valence-corrected chi connectivity index (χ3v) is 8.37. The fourth-order valence-corrected chi connectivity index (χ4v) is 5.64. The molecule has 1 atom stereocenters. The molecule has 236 valence electrons. The van der Waals surface area contributed by atoms with Crippen LogP contribution in [0.25, 0.3) is 0 Å². The number of unbranched alkanes of at least 4 members (excludes halogenated alkanes) is 22. The largest absolute Gasteiger partial charge is 0.381 e. The van der Waals surface area contributed by atoms with E-state index in [1.54, 1.807) is 0 Å². The molecule has 1 aromatic heterocycles. The Hall–Kier alpha value is -0.870. The topological polar surface area (TPSA) is 36.3 Å². The molecule has 0 aliphatic heterocycles. The van der Waals surface area contributed by atoms with Crippen molar-refractivity contribution in [1.29, 1.82) is 0 Å². The highest BCUT2D eigenvalue weighted by molar-refractivity contribution is 4.80. The number of hydrogen-bond acceptors (Lipinski definition) is 3. The van der Waals surface area contributed by atoms with Crippen molar-refractivity contribution < 1.29 is 9.47 Å². The van der Waals surface area contributed by atoms with Crippen LogP contribution in [-0.2, 0) is 9.47 Å². The summed E-state index contributed by atoms with van der Waals surface area (Å²) in [5, 5.41) is 0. The smallest absolute Gasteiger partial charge is 0.0949 e. The van der Waals surface area contributed by atoms with Crippen molar-refractivity contribution in [2.75, 3.05) is 26.4 Å². The Balaban J connectivity index is 1.91. The van der Waals surface area contributed by atoms with Crippen LogP contribution in [0.1, 0.15) is 187 Å². The Morgan fingerprint density at radius 3 is 1.32 bits per heavy atom. The lowest BCUT2D eigenvalue weighted by molar-refractivity contribution is 0.0852. The first-order chi connectivity index (χ1) is 19.9. The molecule has 40 heavy (non-hydrogen) atoms. The number of nitrogens with zero attached hydrogens (tertiary/aromatic N) is 2. The van der Waals surface area contributed by atoms with E-state index in [1.165, 1.54) is 154 Å². The number of ether oxygens (including phenoxy) is 2. The van der Waals surface area contributed by atoms with E-state index in [4.69, 9.17) is 9.47 Å². The van der Waals surface area contributed by atoms with Crippen LogP contribution in [0.5, 0.6) is 0 Å². The van der Waals surface area contributed by atoms with Gasteiger partial charge >= 0.3 is 0 Å². The molecule has 0 saturated carbocycles. The summed E-state index contributed by atoms with van der Waals surface area (Å²) in [5.74, 6) is 0. The standard InChI is InChI=1S/C36H70N2O2/c1-3-5-7-9-11-13-15-17-19-21-23-25-31-39-33-27-28-36(38-30-29-37-35-38)34-40-32-26-24-22-20-18-16-14-12-10-8-6-4-2/h29-30,35-36H,3-28,31-34H2,1-2H3/t36-/m0/s1. The Morgan fingerprint density at radius 1 is 0.500 bits per heavy atom. The minimum atomic E-state index is 0.370. The van der Waals surface area contributed by atoms with Crippen molar-refractivity contribution in [2.24, 2.45) is 0 Å². The molecule has 0 spiro atoms. The minimum Gasteiger partial charge on any atom is -0.381 e. The van der Waals surface area contributed by atoms with Gasteiger partial charge in [0.1, 0.15) is 0 Å². The zero-order valence-corrected chi connectivity index (χ0v) is 27.2. The first-order valence-electron chi connectivity index (χ1n) is 18.0. The van der Waals surface area contributed by atoms with Gasteiger partial charge in [-0.1, -0.05) is 155 Å². The molecule has 4 heteroatoms. The Labute approximate surface area is 250 Å². The number of imidazole rings is 1. The van der Waals surface area contributed by atoms with Crippen LogP contribution in [0, 0.1) is 0 Å². The molecule has 0 aromatic carbocycles. The van der Waals surface area contributed by atoms with Crippen LogP contribution in [0.15, 0.2) is 18.7 Å². The van der Waals surface area contributed by atoms with E-state index >= 15 is 0 Å².